The van der Waals surface area contributed by atoms with E-state index in [1.807, 2.05) is 31.1 Å². The zero-order chi connectivity index (χ0) is 20.3. The maximum Gasteiger partial charge on any atom is 0.338 e. The van der Waals surface area contributed by atoms with Crippen molar-refractivity contribution < 1.29 is 14.7 Å². The number of fused-ring (bicyclic) bond motifs is 1. The van der Waals surface area contributed by atoms with E-state index in [9.17, 15) is 14.7 Å². The number of likely N-dealkylation sites (N-methyl/N-ethyl adjacent to an activating group) is 1. The van der Waals surface area contributed by atoms with E-state index < -0.39 is 5.97 Å². The van der Waals surface area contributed by atoms with Crippen LogP contribution in [0.15, 0.2) is 48.4 Å². The molecule has 3 rings (SSSR count). The van der Waals surface area contributed by atoms with Crippen LogP contribution in [0, 0.1) is 0 Å². The summed E-state index contributed by atoms with van der Waals surface area (Å²) in [5.74, 6) is -1.26. The average Bonchev–Trinajstić information content (AvgIpc) is 3.10. The second-order valence-corrected chi connectivity index (χ2v) is 6.64. The van der Waals surface area contributed by atoms with Gasteiger partial charge >= 0.3 is 5.97 Å². The number of H-pyrrole nitrogens is 1. The van der Waals surface area contributed by atoms with Crippen LogP contribution in [0.5, 0.6) is 0 Å². The number of carboxylic acids is 1. The number of aromatic nitrogens is 3. The van der Waals surface area contributed by atoms with Gasteiger partial charge < -0.3 is 20.3 Å². The molecule has 2 aromatic heterocycles. The molecule has 3 aromatic rings. The number of amides is 1. The van der Waals surface area contributed by atoms with Crippen molar-refractivity contribution in [3.63, 3.8) is 0 Å². The smallest absolute Gasteiger partial charge is 0.338 e. The Morgan fingerprint density at radius 2 is 2.07 bits per heavy atom. The molecule has 0 radical (unpaired) electrons. The number of carbonyl (C=O) groups excluding carboxylic acids is 1. The third kappa shape index (κ3) is 4.07. The van der Waals surface area contributed by atoms with Gasteiger partial charge in [0, 0.05) is 29.6 Å². The lowest BCUT2D eigenvalue weighted by molar-refractivity contribution is -0.112. The largest absolute Gasteiger partial charge is 0.478 e. The van der Waals surface area contributed by atoms with Gasteiger partial charge in [0.15, 0.2) is 0 Å². The molecule has 0 aliphatic rings. The van der Waals surface area contributed by atoms with E-state index in [1.54, 1.807) is 25.1 Å². The Kier molecular flexibility index (Phi) is 5.51. The summed E-state index contributed by atoms with van der Waals surface area (Å²) >= 11 is 0. The monoisotopic (exact) mass is 379 g/mol. The molecule has 1 aromatic carbocycles. The number of aromatic carboxylic acids is 1. The van der Waals surface area contributed by atoms with Gasteiger partial charge in [-0.1, -0.05) is 18.2 Å². The lowest BCUT2D eigenvalue weighted by Gasteiger charge is -2.10. The summed E-state index contributed by atoms with van der Waals surface area (Å²) in [5, 5.41) is 12.7. The first-order valence-electron chi connectivity index (χ1n) is 8.65. The minimum Gasteiger partial charge on any atom is -0.478 e. The Hall–Kier alpha value is -3.52. The van der Waals surface area contributed by atoms with Gasteiger partial charge in [0.1, 0.15) is 12.0 Å². The third-order valence-electron chi connectivity index (χ3n) is 4.21. The highest BCUT2D eigenvalue weighted by atomic mass is 16.4. The van der Waals surface area contributed by atoms with Crippen molar-refractivity contribution in [2.75, 3.05) is 26.0 Å². The lowest BCUT2D eigenvalue weighted by Crippen LogP contribution is -2.16. The van der Waals surface area contributed by atoms with Crippen molar-refractivity contribution in [3.8, 4) is 11.3 Å². The van der Waals surface area contributed by atoms with Crippen molar-refractivity contribution in [2.24, 2.45) is 0 Å². The molecule has 0 aliphatic heterocycles. The number of anilines is 1. The zero-order valence-electron chi connectivity index (χ0n) is 15.9. The molecule has 0 atom stereocenters. The predicted octanol–water partition coefficient (Wildman–Crippen LogP) is 2.77. The molecule has 0 spiro atoms. The normalized spacial score (nSPS) is 11.8. The predicted molar refractivity (Wildman–Crippen MR) is 107 cm³/mol. The highest BCUT2D eigenvalue weighted by molar-refractivity contribution is 6.08. The van der Waals surface area contributed by atoms with Crippen molar-refractivity contribution in [3.05, 3.63) is 54.0 Å². The van der Waals surface area contributed by atoms with Gasteiger partial charge in [0.2, 0.25) is 0 Å². The van der Waals surface area contributed by atoms with E-state index in [4.69, 9.17) is 0 Å². The fraction of sp³-hybridized carbons (Fsp3) is 0.200. The van der Waals surface area contributed by atoms with Gasteiger partial charge in [-0.25, -0.2) is 14.8 Å². The first-order valence-corrected chi connectivity index (χ1v) is 8.65. The van der Waals surface area contributed by atoms with Gasteiger partial charge in [0.05, 0.1) is 16.6 Å². The van der Waals surface area contributed by atoms with Gasteiger partial charge in [-0.2, -0.15) is 0 Å². The molecule has 0 unspecified atom stereocenters. The molecule has 0 fully saturated rings. The fourth-order valence-corrected chi connectivity index (χ4v) is 2.74. The van der Waals surface area contributed by atoms with E-state index in [0.29, 0.717) is 40.1 Å². The van der Waals surface area contributed by atoms with Gasteiger partial charge in [-0.3, -0.25) is 4.79 Å². The molecular weight excluding hydrogens is 358 g/mol. The number of aromatic amines is 1. The van der Waals surface area contributed by atoms with E-state index in [-0.39, 0.29) is 11.5 Å². The van der Waals surface area contributed by atoms with Crippen molar-refractivity contribution >= 4 is 28.6 Å². The van der Waals surface area contributed by atoms with Gasteiger partial charge in [-0.15, -0.1) is 0 Å². The molecule has 144 valence electrons. The lowest BCUT2D eigenvalue weighted by atomic mass is 10.1. The summed E-state index contributed by atoms with van der Waals surface area (Å²) in [4.78, 5) is 37.1. The van der Waals surface area contributed by atoms with E-state index in [2.05, 4.69) is 20.3 Å². The number of carbonyl (C=O) groups is 2. The maximum atomic E-state index is 12.4. The van der Waals surface area contributed by atoms with E-state index in [0.717, 1.165) is 0 Å². The summed E-state index contributed by atoms with van der Waals surface area (Å²) < 4.78 is 0. The zero-order valence-corrected chi connectivity index (χ0v) is 15.9. The molecule has 0 saturated heterocycles. The van der Waals surface area contributed by atoms with Crippen LogP contribution in [0.2, 0.25) is 0 Å². The molecule has 28 heavy (non-hydrogen) atoms. The minimum absolute atomic E-state index is 0.0995. The Balaban J connectivity index is 1.93. The molecule has 0 saturated carbocycles. The summed E-state index contributed by atoms with van der Waals surface area (Å²) in [6.45, 7) is 2.43. The molecule has 8 nitrogen and oxygen atoms in total. The first-order chi connectivity index (χ1) is 13.4. The van der Waals surface area contributed by atoms with Gasteiger partial charge in [-0.05, 0) is 33.2 Å². The molecule has 2 heterocycles. The topological polar surface area (TPSA) is 111 Å². The van der Waals surface area contributed by atoms with Crippen LogP contribution < -0.4 is 5.32 Å². The third-order valence-corrected chi connectivity index (χ3v) is 4.21. The van der Waals surface area contributed by atoms with Crippen molar-refractivity contribution in [1.82, 2.24) is 19.9 Å². The van der Waals surface area contributed by atoms with Crippen LogP contribution in [0.3, 0.4) is 0 Å². The molecule has 0 bridgehead atoms. The van der Waals surface area contributed by atoms with Crippen LogP contribution >= 0.6 is 0 Å². The van der Waals surface area contributed by atoms with Crippen LogP contribution in [0.1, 0.15) is 17.3 Å². The van der Waals surface area contributed by atoms with E-state index in [1.165, 1.54) is 12.5 Å². The Morgan fingerprint density at radius 3 is 2.79 bits per heavy atom. The summed E-state index contributed by atoms with van der Waals surface area (Å²) in [6, 6.07) is 7.13. The summed E-state index contributed by atoms with van der Waals surface area (Å²) in [7, 11) is 3.86. The standard InChI is InChI=1S/C20H21N5O3/c1-12(7-8-25(2)3)19(26)24-14-6-4-5-13(9-14)17-16-15(20(27)28)10-21-18(16)23-11-22-17/h4-7,9-11H,8H2,1-3H3,(H,24,26)(H,27,28)(H,21,22,23)/b12-7+. The molecule has 1 amide bonds. The molecule has 0 aliphatic carbocycles. The second-order valence-electron chi connectivity index (χ2n) is 6.64. The van der Waals surface area contributed by atoms with Crippen molar-refractivity contribution in [2.45, 2.75) is 6.92 Å². The van der Waals surface area contributed by atoms with Crippen LogP contribution in [0.4, 0.5) is 5.69 Å². The molecule has 3 N–H and O–H groups in total. The minimum atomic E-state index is -1.06. The number of benzene rings is 1. The Bertz CT molecular complexity index is 1070. The number of rotatable bonds is 6. The SMILES string of the molecule is C/C(=C\CN(C)C)C(=O)Nc1cccc(-c2ncnc3[nH]cc(C(=O)O)c23)c1. The van der Waals surface area contributed by atoms with Crippen molar-refractivity contribution in [1.29, 1.82) is 0 Å². The number of hydrogen-bond acceptors (Lipinski definition) is 5. The highest BCUT2D eigenvalue weighted by Gasteiger charge is 2.17. The molecular formula is C20H21N5O3. The maximum absolute atomic E-state index is 12.4. The Morgan fingerprint density at radius 1 is 1.29 bits per heavy atom. The second kappa shape index (κ2) is 8.01. The first kappa shape index (κ1) is 19.2. The number of nitrogens with one attached hydrogen (secondary N) is 2. The van der Waals surface area contributed by atoms with Crippen LogP contribution in [0.25, 0.3) is 22.3 Å². The number of carboxylic acid groups (broad SMARTS) is 1. The molecule has 8 heteroatoms. The van der Waals surface area contributed by atoms with Crippen LogP contribution in [-0.2, 0) is 4.79 Å². The van der Waals surface area contributed by atoms with Crippen LogP contribution in [-0.4, -0.2) is 57.5 Å². The number of hydrogen-bond donors (Lipinski definition) is 3. The Labute approximate surface area is 161 Å². The van der Waals surface area contributed by atoms with Gasteiger partial charge in [0.25, 0.3) is 5.91 Å². The number of nitrogens with zero attached hydrogens (tertiary/aromatic N) is 3. The van der Waals surface area contributed by atoms with E-state index >= 15 is 0 Å². The summed E-state index contributed by atoms with van der Waals surface area (Å²) in [6.07, 6.45) is 4.63. The summed E-state index contributed by atoms with van der Waals surface area (Å²) in [5.41, 5.74) is 2.92. The highest BCUT2D eigenvalue weighted by Crippen LogP contribution is 2.29. The quantitative estimate of drug-likeness (QED) is 0.568. The fourth-order valence-electron chi connectivity index (χ4n) is 2.74. The average molecular weight is 379 g/mol.